The molecule has 1 rings (SSSR count). The molecule has 0 aliphatic heterocycles. The van der Waals surface area contributed by atoms with Gasteiger partial charge in [0.25, 0.3) is 0 Å². The number of benzene rings is 1. The lowest BCUT2D eigenvalue weighted by Crippen LogP contribution is -2.09. The highest BCUT2D eigenvalue weighted by molar-refractivity contribution is 9.10. The molecule has 0 aliphatic carbocycles. The predicted octanol–water partition coefficient (Wildman–Crippen LogP) is 2.49. The number of ether oxygens (including phenoxy) is 2. The zero-order valence-electron chi connectivity index (χ0n) is 8.50. The van der Waals surface area contributed by atoms with Crippen LogP contribution in [0, 0.1) is 0 Å². The minimum absolute atomic E-state index is 0.118. The van der Waals surface area contributed by atoms with Gasteiger partial charge in [0.05, 0.1) is 19.8 Å². The van der Waals surface area contributed by atoms with E-state index in [4.69, 9.17) is 15.2 Å². The van der Waals surface area contributed by atoms with Gasteiger partial charge >= 0.3 is 0 Å². The van der Waals surface area contributed by atoms with Gasteiger partial charge in [-0.3, -0.25) is 0 Å². The number of hydrogen-bond acceptors (Lipinski definition) is 3. The Kier molecular flexibility index (Phi) is 3.77. The first-order chi connectivity index (χ1) is 6.60. The average Bonchev–Trinajstić information content (AvgIpc) is 2.15. The van der Waals surface area contributed by atoms with Crippen molar-refractivity contribution in [3.63, 3.8) is 0 Å². The van der Waals surface area contributed by atoms with Crippen LogP contribution >= 0.6 is 15.9 Å². The first kappa shape index (κ1) is 11.3. The van der Waals surface area contributed by atoms with E-state index in [0.717, 1.165) is 21.5 Å². The third-order valence-electron chi connectivity index (χ3n) is 1.96. The fraction of sp³-hybridized carbons (Fsp3) is 0.400. The Morgan fingerprint density at radius 3 is 1.93 bits per heavy atom. The third kappa shape index (κ3) is 2.19. The minimum atomic E-state index is -0.118. The van der Waals surface area contributed by atoms with Crippen molar-refractivity contribution in [3.8, 4) is 11.5 Å². The molecule has 2 N–H and O–H groups in total. The maximum atomic E-state index is 5.84. The van der Waals surface area contributed by atoms with Gasteiger partial charge in [-0.15, -0.1) is 0 Å². The zero-order valence-corrected chi connectivity index (χ0v) is 10.1. The van der Waals surface area contributed by atoms with Crippen molar-refractivity contribution in [2.45, 2.75) is 13.0 Å². The second kappa shape index (κ2) is 4.66. The SMILES string of the molecule is COc1cc(Br)cc(OC)c1[C@H](C)N. The molecule has 1 aromatic rings. The van der Waals surface area contributed by atoms with Crippen LogP contribution in [0.4, 0.5) is 0 Å². The maximum absolute atomic E-state index is 5.84. The second-order valence-electron chi connectivity index (χ2n) is 3.01. The lowest BCUT2D eigenvalue weighted by molar-refractivity contribution is 0.380. The predicted molar refractivity (Wildman–Crippen MR) is 59.8 cm³/mol. The van der Waals surface area contributed by atoms with Crippen molar-refractivity contribution in [1.82, 2.24) is 0 Å². The molecular weight excluding hydrogens is 246 g/mol. The fourth-order valence-electron chi connectivity index (χ4n) is 1.36. The van der Waals surface area contributed by atoms with Gasteiger partial charge in [-0.05, 0) is 19.1 Å². The van der Waals surface area contributed by atoms with Crippen molar-refractivity contribution in [2.75, 3.05) is 14.2 Å². The van der Waals surface area contributed by atoms with Gasteiger partial charge in [-0.2, -0.15) is 0 Å². The highest BCUT2D eigenvalue weighted by Gasteiger charge is 2.14. The van der Waals surface area contributed by atoms with E-state index in [1.807, 2.05) is 19.1 Å². The van der Waals surface area contributed by atoms with E-state index >= 15 is 0 Å². The minimum Gasteiger partial charge on any atom is -0.496 e. The van der Waals surface area contributed by atoms with Crippen molar-refractivity contribution in [3.05, 3.63) is 22.2 Å². The van der Waals surface area contributed by atoms with E-state index in [0.29, 0.717) is 0 Å². The van der Waals surface area contributed by atoms with E-state index in [9.17, 15) is 0 Å². The molecule has 0 aliphatic rings. The fourth-order valence-corrected chi connectivity index (χ4v) is 1.77. The number of halogens is 1. The molecule has 0 radical (unpaired) electrons. The van der Waals surface area contributed by atoms with Crippen molar-refractivity contribution in [1.29, 1.82) is 0 Å². The van der Waals surface area contributed by atoms with Gasteiger partial charge in [0.15, 0.2) is 0 Å². The summed E-state index contributed by atoms with van der Waals surface area (Å²) < 4.78 is 11.4. The second-order valence-corrected chi connectivity index (χ2v) is 3.93. The molecule has 0 amide bonds. The van der Waals surface area contributed by atoms with Crippen LogP contribution in [-0.4, -0.2) is 14.2 Å². The van der Waals surface area contributed by atoms with Crippen molar-refractivity contribution < 1.29 is 9.47 Å². The standard InChI is InChI=1S/C10H14BrNO2/c1-6(12)10-8(13-2)4-7(11)5-9(10)14-3/h4-6H,12H2,1-3H3/t6-/m0/s1. The molecule has 1 aromatic carbocycles. The first-order valence-corrected chi connectivity index (χ1v) is 5.06. The summed E-state index contributed by atoms with van der Waals surface area (Å²) in [5.41, 5.74) is 6.73. The van der Waals surface area contributed by atoms with Crippen LogP contribution in [-0.2, 0) is 0 Å². The summed E-state index contributed by atoms with van der Waals surface area (Å²) in [7, 11) is 3.24. The molecule has 1 atom stereocenters. The van der Waals surface area contributed by atoms with Crippen LogP contribution in [0.25, 0.3) is 0 Å². The van der Waals surface area contributed by atoms with Gasteiger partial charge in [0, 0.05) is 10.5 Å². The van der Waals surface area contributed by atoms with Gasteiger partial charge in [0.1, 0.15) is 11.5 Å². The third-order valence-corrected chi connectivity index (χ3v) is 2.42. The van der Waals surface area contributed by atoms with Crippen LogP contribution in [0.1, 0.15) is 18.5 Å². The van der Waals surface area contributed by atoms with Crippen LogP contribution in [0.5, 0.6) is 11.5 Å². The molecule has 0 saturated carbocycles. The number of methoxy groups -OCH3 is 2. The summed E-state index contributed by atoms with van der Waals surface area (Å²) >= 11 is 3.38. The van der Waals surface area contributed by atoms with Gasteiger partial charge in [0.2, 0.25) is 0 Å². The molecule has 0 saturated heterocycles. The zero-order chi connectivity index (χ0) is 10.7. The Morgan fingerprint density at radius 2 is 1.64 bits per heavy atom. The molecule has 0 heterocycles. The molecule has 0 bridgehead atoms. The van der Waals surface area contributed by atoms with E-state index in [-0.39, 0.29) is 6.04 Å². The molecule has 3 nitrogen and oxygen atoms in total. The highest BCUT2D eigenvalue weighted by atomic mass is 79.9. The topological polar surface area (TPSA) is 44.5 Å². The van der Waals surface area contributed by atoms with Crippen LogP contribution in [0.3, 0.4) is 0 Å². The van der Waals surface area contributed by atoms with Crippen molar-refractivity contribution >= 4 is 15.9 Å². The molecule has 0 unspecified atom stereocenters. The maximum Gasteiger partial charge on any atom is 0.128 e. The Labute approximate surface area is 92.3 Å². The highest BCUT2D eigenvalue weighted by Crippen LogP contribution is 2.36. The molecule has 4 heteroatoms. The van der Waals surface area contributed by atoms with E-state index in [1.165, 1.54) is 0 Å². The lowest BCUT2D eigenvalue weighted by Gasteiger charge is -2.16. The van der Waals surface area contributed by atoms with Crippen LogP contribution in [0.15, 0.2) is 16.6 Å². The Morgan fingerprint density at radius 1 is 1.21 bits per heavy atom. The Balaban J connectivity index is 3.33. The number of nitrogens with two attached hydrogens (primary N) is 1. The van der Waals surface area contributed by atoms with Gasteiger partial charge < -0.3 is 15.2 Å². The number of hydrogen-bond donors (Lipinski definition) is 1. The lowest BCUT2D eigenvalue weighted by atomic mass is 10.1. The van der Waals surface area contributed by atoms with E-state index < -0.39 is 0 Å². The summed E-state index contributed by atoms with van der Waals surface area (Å²) in [4.78, 5) is 0. The molecule has 0 fully saturated rings. The molecule has 0 spiro atoms. The summed E-state index contributed by atoms with van der Waals surface area (Å²) in [5.74, 6) is 1.48. The number of rotatable bonds is 3. The normalized spacial score (nSPS) is 12.4. The molecule has 78 valence electrons. The quantitative estimate of drug-likeness (QED) is 0.908. The first-order valence-electron chi connectivity index (χ1n) is 4.27. The van der Waals surface area contributed by atoms with E-state index in [1.54, 1.807) is 14.2 Å². The van der Waals surface area contributed by atoms with Crippen molar-refractivity contribution in [2.24, 2.45) is 5.73 Å². The molecular formula is C10H14BrNO2. The summed E-state index contributed by atoms with van der Waals surface area (Å²) in [6.07, 6.45) is 0. The van der Waals surface area contributed by atoms with Crippen LogP contribution < -0.4 is 15.2 Å². The molecule has 0 aromatic heterocycles. The Bertz CT molecular complexity index is 301. The monoisotopic (exact) mass is 259 g/mol. The van der Waals surface area contributed by atoms with Gasteiger partial charge in [-0.25, -0.2) is 0 Å². The largest absolute Gasteiger partial charge is 0.496 e. The van der Waals surface area contributed by atoms with Gasteiger partial charge in [-0.1, -0.05) is 15.9 Å². The average molecular weight is 260 g/mol. The smallest absolute Gasteiger partial charge is 0.128 e. The summed E-state index contributed by atoms with van der Waals surface area (Å²) in [6, 6.07) is 3.63. The summed E-state index contributed by atoms with van der Waals surface area (Å²) in [5, 5.41) is 0. The van der Waals surface area contributed by atoms with Crippen LogP contribution in [0.2, 0.25) is 0 Å². The Hall–Kier alpha value is -0.740. The molecule has 14 heavy (non-hydrogen) atoms. The van der Waals surface area contributed by atoms with E-state index in [2.05, 4.69) is 15.9 Å². The summed E-state index contributed by atoms with van der Waals surface area (Å²) in [6.45, 7) is 1.90.